The van der Waals surface area contributed by atoms with Crippen molar-refractivity contribution in [3.8, 4) is 0 Å². The van der Waals surface area contributed by atoms with Crippen molar-refractivity contribution in [1.82, 2.24) is 5.16 Å². The first-order chi connectivity index (χ1) is 10.5. The topological polar surface area (TPSA) is 75.4 Å². The van der Waals surface area contributed by atoms with E-state index < -0.39 is 5.92 Å². The Morgan fingerprint density at radius 2 is 2.23 bits per heavy atom. The first-order valence-corrected chi connectivity index (χ1v) is 7.63. The van der Waals surface area contributed by atoms with Crippen LogP contribution in [-0.2, 0) is 9.59 Å². The van der Waals surface area contributed by atoms with Gasteiger partial charge in [0.05, 0.1) is 11.6 Å². The third kappa shape index (κ3) is 2.89. The summed E-state index contributed by atoms with van der Waals surface area (Å²) in [7, 11) is 0. The van der Waals surface area contributed by atoms with E-state index in [1.807, 2.05) is 18.2 Å². The number of halogens is 1. The third-order valence-corrected chi connectivity index (χ3v) is 4.21. The summed E-state index contributed by atoms with van der Waals surface area (Å²) in [5, 5.41) is 6.67. The Morgan fingerprint density at radius 1 is 1.45 bits per heavy atom. The van der Waals surface area contributed by atoms with Crippen LogP contribution in [0.5, 0.6) is 0 Å². The molecule has 114 valence electrons. The number of hydrogen-bond donors (Lipinski definition) is 1. The fraction of sp³-hybridized carbons (Fsp3) is 0.267. The van der Waals surface area contributed by atoms with Gasteiger partial charge in [-0.1, -0.05) is 17.3 Å². The van der Waals surface area contributed by atoms with Gasteiger partial charge in [0, 0.05) is 23.5 Å². The minimum Gasteiger partial charge on any atom is -0.360 e. The van der Waals surface area contributed by atoms with Crippen LogP contribution in [0.4, 0.5) is 11.5 Å². The van der Waals surface area contributed by atoms with Gasteiger partial charge < -0.3 is 9.84 Å². The zero-order chi connectivity index (χ0) is 15.7. The van der Waals surface area contributed by atoms with Crippen LogP contribution in [-0.4, -0.2) is 23.5 Å². The minimum absolute atomic E-state index is 0.124. The Bertz CT molecular complexity index is 728. The number of aromatic nitrogens is 1. The molecule has 1 aliphatic heterocycles. The second kappa shape index (κ2) is 5.92. The molecule has 1 aromatic carbocycles. The molecule has 0 saturated carbocycles. The maximum atomic E-state index is 12.3. The molecule has 6 nitrogen and oxygen atoms in total. The van der Waals surface area contributed by atoms with Crippen molar-refractivity contribution in [2.75, 3.05) is 16.8 Å². The number of aryl methyl sites for hydroxylation is 1. The molecule has 1 saturated heterocycles. The summed E-state index contributed by atoms with van der Waals surface area (Å²) in [6.07, 6.45) is 0.169. The first kappa shape index (κ1) is 14.8. The number of nitrogens with one attached hydrogen (secondary N) is 1. The van der Waals surface area contributed by atoms with Crippen molar-refractivity contribution in [3.63, 3.8) is 0 Å². The van der Waals surface area contributed by atoms with E-state index in [0.29, 0.717) is 23.8 Å². The molecule has 2 heterocycles. The molecule has 1 aromatic heterocycles. The zero-order valence-electron chi connectivity index (χ0n) is 11.9. The Labute approximate surface area is 135 Å². The number of benzene rings is 1. The molecule has 1 atom stereocenters. The molecule has 7 heteroatoms. The van der Waals surface area contributed by atoms with Crippen LogP contribution in [0, 0.1) is 12.8 Å². The monoisotopic (exact) mass is 363 g/mol. The van der Waals surface area contributed by atoms with Crippen molar-refractivity contribution in [3.05, 3.63) is 40.6 Å². The lowest BCUT2D eigenvalue weighted by Gasteiger charge is -2.13. The van der Waals surface area contributed by atoms with Crippen molar-refractivity contribution in [1.29, 1.82) is 0 Å². The zero-order valence-corrected chi connectivity index (χ0v) is 13.5. The normalized spacial score (nSPS) is 17.8. The molecule has 22 heavy (non-hydrogen) atoms. The predicted molar refractivity (Wildman–Crippen MR) is 84.5 cm³/mol. The van der Waals surface area contributed by atoms with Gasteiger partial charge in [-0.25, -0.2) is 0 Å². The molecular weight excluding hydrogens is 350 g/mol. The van der Waals surface area contributed by atoms with Crippen molar-refractivity contribution >= 4 is 39.2 Å². The first-order valence-electron chi connectivity index (χ1n) is 6.83. The highest BCUT2D eigenvalue weighted by molar-refractivity contribution is 9.10. The van der Waals surface area contributed by atoms with Crippen LogP contribution in [0.1, 0.15) is 12.2 Å². The highest BCUT2D eigenvalue weighted by Crippen LogP contribution is 2.27. The Hall–Kier alpha value is -2.15. The molecule has 3 rings (SSSR count). The smallest absolute Gasteiger partial charge is 0.229 e. The minimum atomic E-state index is -0.406. The van der Waals surface area contributed by atoms with E-state index in [0.717, 1.165) is 4.47 Å². The number of nitrogens with zero attached hydrogens (tertiary/aromatic N) is 2. The maximum Gasteiger partial charge on any atom is 0.229 e. The van der Waals surface area contributed by atoms with E-state index in [2.05, 4.69) is 26.4 Å². The van der Waals surface area contributed by atoms with Gasteiger partial charge in [0.1, 0.15) is 5.76 Å². The Balaban J connectivity index is 1.70. The number of carbonyl (C=O) groups is 2. The highest BCUT2D eigenvalue weighted by Gasteiger charge is 2.36. The molecule has 1 fully saturated rings. The molecule has 1 unspecified atom stereocenters. The third-order valence-electron chi connectivity index (χ3n) is 3.52. The van der Waals surface area contributed by atoms with Crippen molar-refractivity contribution in [2.24, 2.45) is 5.92 Å². The number of rotatable bonds is 3. The molecule has 0 aliphatic carbocycles. The quantitative estimate of drug-likeness (QED) is 0.909. The van der Waals surface area contributed by atoms with Gasteiger partial charge in [-0.3, -0.25) is 14.5 Å². The second-order valence-corrected chi connectivity index (χ2v) is 6.02. The molecule has 0 radical (unpaired) electrons. The SMILES string of the molecule is Cc1cc(N2CC(C(=O)Nc3ccccc3Br)CC2=O)no1. The van der Waals surface area contributed by atoms with E-state index in [4.69, 9.17) is 4.52 Å². The lowest BCUT2D eigenvalue weighted by molar-refractivity contribution is -0.122. The van der Waals surface area contributed by atoms with Crippen molar-refractivity contribution < 1.29 is 14.1 Å². The number of para-hydroxylation sites is 1. The van der Waals surface area contributed by atoms with E-state index in [-0.39, 0.29) is 18.2 Å². The van der Waals surface area contributed by atoms with Gasteiger partial charge in [0.15, 0.2) is 5.82 Å². The summed E-state index contributed by atoms with van der Waals surface area (Å²) < 4.78 is 5.78. The second-order valence-electron chi connectivity index (χ2n) is 5.17. The predicted octanol–water partition coefficient (Wildman–Crippen LogP) is 2.74. The Kier molecular flexibility index (Phi) is 3.98. The molecule has 1 N–H and O–H groups in total. The summed E-state index contributed by atoms with van der Waals surface area (Å²) in [5.74, 6) is 0.378. The molecule has 2 amide bonds. The van der Waals surface area contributed by atoms with E-state index in [1.165, 1.54) is 4.90 Å². The van der Waals surface area contributed by atoms with Crippen LogP contribution in [0.3, 0.4) is 0 Å². The van der Waals surface area contributed by atoms with Gasteiger partial charge in [-0.05, 0) is 35.0 Å². The van der Waals surface area contributed by atoms with Gasteiger partial charge >= 0.3 is 0 Å². The highest BCUT2D eigenvalue weighted by atomic mass is 79.9. The van der Waals surface area contributed by atoms with E-state index in [1.54, 1.807) is 19.1 Å². The molecule has 0 bridgehead atoms. The van der Waals surface area contributed by atoms with Gasteiger partial charge in [-0.2, -0.15) is 0 Å². The Morgan fingerprint density at radius 3 is 2.91 bits per heavy atom. The fourth-order valence-electron chi connectivity index (χ4n) is 2.38. The molecular formula is C15H14BrN3O3. The van der Waals surface area contributed by atoms with Crippen LogP contribution in [0.2, 0.25) is 0 Å². The number of anilines is 2. The fourth-order valence-corrected chi connectivity index (χ4v) is 2.77. The number of carbonyl (C=O) groups excluding carboxylic acids is 2. The lowest BCUT2D eigenvalue weighted by atomic mass is 10.1. The molecule has 2 aromatic rings. The van der Waals surface area contributed by atoms with Crippen LogP contribution in [0.25, 0.3) is 0 Å². The molecule has 0 spiro atoms. The summed E-state index contributed by atoms with van der Waals surface area (Å²) in [6.45, 7) is 2.06. The van der Waals surface area contributed by atoms with Crippen LogP contribution in [0.15, 0.2) is 39.3 Å². The average Bonchev–Trinajstić information content (AvgIpc) is 3.07. The van der Waals surface area contributed by atoms with Crippen LogP contribution >= 0.6 is 15.9 Å². The average molecular weight is 364 g/mol. The van der Waals surface area contributed by atoms with E-state index in [9.17, 15) is 9.59 Å². The number of hydrogen-bond acceptors (Lipinski definition) is 4. The summed E-state index contributed by atoms with van der Waals surface area (Å²) in [6, 6.07) is 9.04. The van der Waals surface area contributed by atoms with E-state index >= 15 is 0 Å². The van der Waals surface area contributed by atoms with Gasteiger partial charge in [-0.15, -0.1) is 0 Å². The van der Waals surface area contributed by atoms with Gasteiger partial charge in [0.2, 0.25) is 11.8 Å². The molecule has 1 aliphatic rings. The summed E-state index contributed by atoms with van der Waals surface area (Å²) >= 11 is 3.38. The lowest BCUT2D eigenvalue weighted by Crippen LogP contribution is -2.28. The summed E-state index contributed by atoms with van der Waals surface area (Å²) in [5.41, 5.74) is 0.690. The maximum absolute atomic E-state index is 12.3. The largest absolute Gasteiger partial charge is 0.360 e. The standard InChI is InChI=1S/C15H14BrN3O3/c1-9-6-13(18-22-9)19-8-10(7-14(19)20)15(21)17-12-5-3-2-4-11(12)16/h2-6,10H,7-8H2,1H3,(H,17,21). The number of amides is 2. The van der Waals surface area contributed by atoms with Crippen molar-refractivity contribution in [2.45, 2.75) is 13.3 Å². The van der Waals surface area contributed by atoms with Gasteiger partial charge in [0.25, 0.3) is 0 Å². The van der Waals surface area contributed by atoms with Crippen LogP contribution < -0.4 is 10.2 Å². The summed E-state index contributed by atoms with van der Waals surface area (Å²) in [4.78, 5) is 25.9.